The quantitative estimate of drug-likeness (QED) is 0.783. The number of nitrogens with zero attached hydrogens (tertiary/aromatic N) is 1. The standard InChI is InChI=1S/C12H20N2O5/c1-7-5-8(10(17)14(7)6-9(15)16)13-11(18)19-12(2,3)4/h7-8H,5-6H2,1-4H3,(H,13,18)(H,15,16). The molecule has 0 saturated carbocycles. The molecule has 2 unspecified atom stereocenters. The van der Waals surface area contributed by atoms with Gasteiger partial charge in [0.25, 0.3) is 0 Å². The molecule has 0 bridgehead atoms. The van der Waals surface area contributed by atoms with E-state index in [1.807, 2.05) is 0 Å². The molecule has 19 heavy (non-hydrogen) atoms. The Morgan fingerprint density at radius 2 is 2.05 bits per heavy atom. The maximum atomic E-state index is 11.9. The zero-order chi connectivity index (χ0) is 14.8. The minimum absolute atomic E-state index is 0.219. The monoisotopic (exact) mass is 272 g/mol. The molecule has 2 atom stereocenters. The second-order valence-electron chi connectivity index (χ2n) is 5.64. The number of amides is 2. The molecule has 0 aromatic heterocycles. The molecule has 108 valence electrons. The summed E-state index contributed by atoms with van der Waals surface area (Å²) in [7, 11) is 0. The predicted octanol–water partition coefficient (Wildman–Crippen LogP) is 0.585. The third kappa shape index (κ3) is 4.42. The van der Waals surface area contributed by atoms with Gasteiger partial charge in [-0.2, -0.15) is 0 Å². The van der Waals surface area contributed by atoms with Crippen molar-refractivity contribution in [1.82, 2.24) is 10.2 Å². The largest absolute Gasteiger partial charge is 0.480 e. The lowest BCUT2D eigenvalue weighted by Crippen LogP contribution is -2.44. The van der Waals surface area contributed by atoms with Crippen molar-refractivity contribution in [3.8, 4) is 0 Å². The SMILES string of the molecule is CC1CC(NC(=O)OC(C)(C)C)C(=O)N1CC(=O)O. The van der Waals surface area contributed by atoms with E-state index < -0.39 is 23.7 Å². The van der Waals surface area contributed by atoms with Crippen molar-refractivity contribution in [2.24, 2.45) is 0 Å². The first-order chi connectivity index (χ1) is 8.60. The number of hydrogen-bond donors (Lipinski definition) is 2. The van der Waals surface area contributed by atoms with Crippen LogP contribution in [0.4, 0.5) is 4.79 Å². The van der Waals surface area contributed by atoms with Crippen LogP contribution in [-0.2, 0) is 14.3 Å². The van der Waals surface area contributed by atoms with Crippen LogP contribution in [0.3, 0.4) is 0 Å². The molecule has 7 nitrogen and oxygen atoms in total. The zero-order valence-electron chi connectivity index (χ0n) is 11.6. The number of carboxylic acids is 1. The van der Waals surface area contributed by atoms with Crippen LogP contribution in [-0.4, -0.2) is 52.2 Å². The maximum absolute atomic E-state index is 11.9. The summed E-state index contributed by atoms with van der Waals surface area (Å²) in [5.41, 5.74) is -0.641. The van der Waals surface area contributed by atoms with Crippen LogP contribution in [0, 0.1) is 0 Å². The van der Waals surface area contributed by atoms with E-state index in [2.05, 4.69) is 5.32 Å². The van der Waals surface area contributed by atoms with Gasteiger partial charge in [-0.3, -0.25) is 9.59 Å². The van der Waals surface area contributed by atoms with Gasteiger partial charge in [-0.05, 0) is 34.1 Å². The van der Waals surface area contributed by atoms with E-state index in [-0.39, 0.29) is 18.5 Å². The normalized spacial score (nSPS) is 23.4. The van der Waals surface area contributed by atoms with Gasteiger partial charge >= 0.3 is 12.1 Å². The summed E-state index contributed by atoms with van der Waals surface area (Å²) < 4.78 is 5.06. The van der Waals surface area contributed by atoms with E-state index in [9.17, 15) is 14.4 Å². The van der Waals surface area contributed by atoms with E-state index >= 15 is 0 Å². The van der Waals surface area contributed by atoms with Crippen molar-refractivity contribution in [1.29, 1.82) is 0 Å². The van der Waals surface area contributed by atoms with Gasteiger partial charge in [0.1, 0.15) is 18.2 Å². The molecule has 1 aliphatic rings. The summed E-state index contributed by atoms with van der Waals surface area (Å²) in [5, 5.41) is 11.2. The summed E-state index contributed by atoms with van der Waals surface area (Å²) in [4.78, 5) is 35.4. The first-order valence-electron chi connectivity index (χ1n) is 6.12. The highest BCUT2D eigenvalue weighted by Crippen LogP contribution is 2.19. The van der Waals surface area contributed by atoms with Gasteiger partial charge in [0, 0.05) is 6.04 Å². The smallest absolute Gasteiger partial charge is 0.408 e. The number of carboxylic acid groups (broad SMARTS) is 1. The summed E-state index contributed by atoms with van der Waals surface area (Å²) >= 11 is 0. The number of likely N-dealkylation sites (tertiary alicyclic amines) is 1. The second-order valence-corrected chi connectivity index (χ2v) is 5.64. The number of rotatable bonds is 3. The summed E-state index contributed by atoms with van der Waals surface area (Å²) in [6.45, 7) is 6.57. The van der Waals surface area contributed by atoms with E-state index in [4.69, 9.17) is 9.84 Å². The van der Waals surface area contributed by atoms with Crippen LogP contribution < -0.4 is 5.32 Å². The Bertz CT molecular complexity index is 388. The third-order valence-electron chi connectivity index (χ3n) is 2.69. The fraction of sp³-hybridized carbons (Fsp3) is 0.750. The zero-order valence-corrected chi connectivity index (χ0v) is 11.6. The fourth-order valence-corrected chi connectivity index (χ4v) is 1.94. The number of nitrogens with one attached hydrogen (secondary N) is 1. The van der Waals surface area contributed by atoms with E-state index in [1.165, 1.54) is 4.90 Å². The highest BCUT2D eigenvalue weighted by molar-refractivity contribution is 5.90. The Balaban J connectivity index is 2.60. The molecule has 1 rings (SSSR count). The molecule has 0 aromatic rings. The second kappa shape index (κ2) is 5.46. The van der Waals surface area contributed by atoms with Crippen molar-refractivity contribution in [2.75, 3.05) is 6.54 Å². The molecule has 7 heteroatoms. The molecular formula is C12H20N2O5. The molecule has 2 N–H and O–H groups in total. The fourth-order valence-electron chi connectivity index (χ4n) is 1.94. The Labute approximate surface area is 111 Å². The molecule has 2 amide bonds. The van der Waals surface area contributed by atoms with Crippen molar-refractivity contribution in [3.05, 3.63) is 0 Å². The van der Waals surface area contributed by atoms with Gasteiger partial charge < -0.3 is 20.1 Å². The van der Waals surface area contributed by atoms with Crippen molar-refractivity contribution >= 4 is 18.0 Å². The molecule has 0 aromatic carbocycles. The molecule has 1 aliphatic heterocycles. The van der Waals surface area contributed by atoms with Crippen LogP contribution >= 0.6 is 0 Å². The summed E-state index contributed by atoms with van der Waals surface area (Å²) in [6.07, 6.45) is -0.291. The van der Waals surface area contributed by atoms with Crippen molar-refractivity contribution in [3.63, 3.8) is 0 Å². The molecule has 0 spiro atoms. The number of ether oxygens (including phenoxy) is 1. The minimum atomic E-state index is -1.07. The average Bonchev–Trinajstić information content (AvgIpc) is 2.42. The maximum Gasteiger partial charge on any atom is 0.408 e. The van der Waals surface area contributed by atoms with Gasteiger partial charge in [0.05, 0.1) is 0 Å². The molecule has 1 saturated heterocycles. The molecule has 1 heterocycles. The lowest BCUT2D eigenvalue weighted by atomic mass is 10.2. The van der Waals surface area contributed by atoms with Crippen LogP contribution in [0.1, 0.15) is 34.1 Å². The van der Waals surface area contributed by atoms with Gasteiger partial charge in [0.15, 0.2) is 0 Å². The first kappa shape index (κ1) is 15.3. The van der Waals surface area contributed by atoms with Crippen LogP contribution in [0.5, 0.6) is 0 Å². The number of carbonyl (C=O) groups is 3. The third-order valence-corrected chi connectivity index (χ3v) is 2.69. The lowest BCUT2D eigenvalue weighted by molar-refractivity contribution is -0.144. The Hall–Kier alpha value is -1.79. The van der Waals surface area contributed by atoms with Crippen LogP contribution in [0.15, 0.2) is 0 Å². The average molecular weight is 272 g/mol. The Kier molecular flexibility index (Phi) is 4.39. The summed E-state index contributed by atoms with van der Waals surface area (Å²) in [5.74, 6) is -1.46. The molecular weight excluding hydrogens is 252 g/mol. The van der Waals surface area contributed by atoms with Gasteiger partial charge in [0.2, 0.25) is 5.91 Å². The number of carbonyl (C=O) groups excluding carboxylic acids is 2. The van der Waals surface area contributed by atoms with Gasteiger partial charge in [-0.1, -0.05) is 0 Å². The van der Waals surface area contributed by atoms with Crippen molar-refractivity contribution < 1.29 is 24.2 Å². The number of aliphatic carboxylic acids is 1. The van der Waals surface area contributed by atoms with Crippen LogP contribution in [0.25, 0.3) is 0 Å². The first-order valence-corrected chi connectivity index (χ1v) is 6.12. The van der Waals surface area contributed by atoms with E-state index in [0.29, 0.717) is 6.42 Å². The van der Waals surface area contributed by atoms with Gasteiger partial charge in [-0.15, -0.1) is 0 Å². The van der Waals surface area contributed by atoms with Crippen LogP contribution in [0.2, 0.25) is 0 Å². The molecule has 0 radical (unpaired) electrons. The topological polar surface area (TPSA) is 95.9 Å². The Morgan fingerprint density at radius 1 is 1.47 bits per heavy atom. The van der Waals surface area contributed by atoms with Crippen molar-refractivity contribution in [2.45, 2.75) is 51.8 Å². The predicted molar refractivity (Wildman–Crippen MR) is 66.6 cm³/mol. The van der Waals surface area contributed by atoms with E-state index in [1.54, 1.807) is 27.7 Å². The number of alkyl carbamates (subject to hydrolysis) is 1. The highest BCUT2D eigenvalue weighted by Gasteiger charge is 2.39. The lowest BCUT2D eigenvalue weighted by Gasteiger charge is -2.21. The summed E-state index contributed by atoms with van der Waals surface area (Å²) in [6, 6.07) is -0.937. The Morgan fingerprint density at radius 3 is 2.53 bits per heavy atom. The number of hydrogen-bond acceptors (Lipinski definition) is 4. The molecule has 0 aliphatic carbocycles. The minimum Gasteiger partial charge on any atom is -0.480 e. The molecule has 1 fully saturated rings. The van der Waals surface area contributed by atoms with Gasteiger partial charge in [-0.25, -0.2) is 4.79 Å². The highest BCUT2D eigenvalue weighted by atomic mass is 16.6. The van der Waals surface area contributed by atoms with E-state index in [0.717, 1.165) is 0 Å².